The molecule has 0 N–H and O–H groups in total. The number of rotatable bonds is 2. The monoisotopic (exact) mass is 344 g/mol. The zero-order valence-electron chi connectivity index (χ0n) is 10.8. The van der Waals surface area contributed by atoms with Crippen molar-refractivity contribution in [1.82, 2.24) is 0 Å². The first kappa shape index (κ1) is 18.0. The normalized spacial score (nSPS) is 16.6. The smallest absolute Gasteiger partial charge is 1.00 e. The molecule has 4 heteroatoms. The molecule has 2 unspecified atom stereocenters. The maximum atomic E-state index is 2.63. The van der Waals surface area contributed by atoms with Gasteiger partial charge in [0.15, 0.2) is 0 Å². The van der Waals surface area contributed by atoms with Crippen LogP contribution in [0.2, 0.25) is 0 Å². The summed E-state index contributed by atoms with van der Waals surface area (Å²) in [6.07, 6.45) is 0. The van der Waals surface area contributed by atoms with Gasteiger partial charge in [-0.15, -0.1) is 0 Å². The van der Waals surface area contributed by atoms with Gasteiger partial charge in [0.2, 0.25) is 0 Å². The van der Waals surface area contributed by atoms with E-state index in [-0.39, 0.29) is 39.6 Å². The van der Waals surface area contributed by atoms with Crippen LogP contribution in [0.25, 0.3) is 0 Å². The Balaban J connectivity index is 0. The van der Waals surface area contributed by atoms with Gasteiger partial charge in [-0.3, -0.25) is 0 Å². The molecule has 84 valence electrons. The number of hydrogen-bond acceptors (Lipinski definition) is 0. The summed E-state index contributed by atoms with van der Waals surface area (Å²) in [6.45, 7) is 21.5. The molecule has 14 heavy (non-hydrogen) atoms. The van der Waals surface area contributed by atoms with Gasteiger partial charge in [0.1, 0.15) is 0 Å². The van der Waals surface area contributed by atoms with Gasteiger partial charge in [-0.2, -0.15) is 0 Å². The second kappa shape index (κ2) is 6.40. The average Bonchev–Trinajstić information content (AvgIpc) is 1.82. The standard InChI is InChI=1S/C10H24BP2.HI/c1-9(2,3)12(7)11-13(8)10(4,5)6;/h1-8H3;1H/q+1;/p-1. The molecule has 0 nitrogen and oxygen atoms in total. The van der Waals surface area contributed by atoms with E-state index in [9.17, 15) is 0 Å². The van der Waals surface area contributed by atoms with Gasteiger partial charge >= 0.3 is 87.5 Å². The number of hydrogen-bond donors (Lipinski definition) is 0. The summed E-state index contributed by atoms with van der Waals surface area (Å²) in [4.78, 5) is 0. The molecule has 2 atom stereocenters. The van der Waals surface area contributed by atoms with Crippen molar-refractivity contribution in [1.29, 1.82) is 0 Å². The van der Waals surface area contributed by atoms with Crippen molar-refractivity contribution >= 4 is 22.3 Å². The molecule has 0 aromatic carbocycles. The first-order chi connectivity index (χ1) is 5.55. The minimum atomic E-state index is 0. The molecule has 0 amide bonds. The second-order valence-electron chi connectivity index (χ2n) is 5.68. The Hall–Kier alpha value is 1.65. The van der Waals surface area contributed by atoms with Gasteiger partial charge in [-0.05, 0) is 0 Å². The molecule has 0 saturated carbocycles. The Morgan fingerprint density at radius 3 is 1.07 bits per heavy atom. The quantitative estimate of drug-likeness (QED) is 0.403. The zero-order chi connectivity index (χ0) is 10.9. The van der Waals surface area contributed by atoms with Crippen LogP contribution in [0, 0.1) is 0 Å². The van der Waals surface area contributed by atoms with Crippen molar-refractivity contribution in [3.8, 4) is 0 Å². The molecule has 0 saturated heterocycles. The second-order valence-corrected chi connectivity index (χ2v) is 11.7. The SMILES string of the molecule is CP([B+]P(C)C(C)(C)C)C(C)(C)C.[I-]. The summed E-state index contributed by atoms with van der Waals surface area (Å²) in [5.41, 5.74) is 0. The summed E-state index contributed by atoms with van der Waals surface area (Å²) >= 11 is 0. The predicted molar refractivity (Wildman–Crippen MR) is 70.9 cm³/mol. The van der Waals surface area contributed by atoms with Crippen LogP contribution in [0.1, 0.15) is 41.5 Å². The molecule has 0 rings (SSSR count). The zero-order valence-corrected chi connectivity index (χ0v) is 14.8. The Labute approximate surface area is 111 Å². The third-order valence-electron chi connectivity index (χ3n) is 2.46. The Morgan fingerprint density at radius 1 is 0.714 bits per heavy atom. The van der Waals surface area contributed by atoms with Crippen molar-refractivity contribution in [2.75, 3.05) is 13.3 Å². The van der Waals surface area contributed by atoms with Gasteiger partial charge < -0.3 is 24.0 Å². The van der Waals surface area contributed by atoms with Gasteiger partial charge in [-0.25, -0.2) is 0 Å². The van der Waals surface area contributed by atoms with Gasteiger partial charge in [-0.1, -0.05) is 0 Å². The topological polar surface area (TPSA) is 0 Å². The molecular weight excluding hydrogens is 320 g/mol. The fraction of sp³-hybridized carbons (Fsp3) is 1.00. The van der Waals surface area contributed by atoms with Crippen LogP contribution in [0.15, 0.2) is 0 Å². The van der Waals surface area contributed by atoms with E-state index in [0.717, 1.165) is 0 Å². The molecule has 0 fully saturated rings. The van der Waals surface area contributed by atoms with E-state index >= 15 is 0 Å². The van der Waals surface area contributed by atoms with E-state index in [4.69, 9.17) is 0 Å². The van der Waals surface area contributed by atoms with E-state index in [0.29, 0.717) is 10.3 Å². The molecule has 0 spiro atoms. The number of halogens is 1. The van der Waals surface area contributed by atoms with Crippen LogP contribution >= 0.6 is 15.6 Å². The first-order valence-electron chi connectivity index (χ1n) is 4.86. The Morgan fingerprint density at radius 2 is 0.929 bits per heavy atom. The summed E-state index contributed by atoms with van der Waals surface area (Å²) in [7, 11) is 0.157. The van der Waals surface area contributed by atoms with Crippen molar-refractivity contribution in [3.63, 3.8) is 0 Å². The molecular formula is C10H24BIP2. The Bertz CT molecular complexity index is 142. The molecule has 0 radical (unpaired) electrons. The van der Waals surface area contributed by atoms with E-state index < -0.39 is 0 Å². The summed E-state index contributed by atoms with van der Waals surface area (Å²) in [6, 6.07) is 0. The van der Waals surface area contributed by atoms with E-state index in [2.05, 4.69) is 61.6 Å². The largest absolute Gasteiger partial charge is 1.00 e. The van der Waals surface area contributed by atoms with Crippen LogP contribution in [-0.4, -0.2) is 30.4 Å². The summed E-state index contributed by atoms with van der Waals surface area (Å²) in [5, 5.41) is 0.967. The summed E-state index contributed by atoms with van der Waals surface area (Å²) < 4.78 is 0. The molecule has 0 aromatic heterocycles. The maximum Gasteiger partial charge on any atom is -1.00 e. The van der Waals surface area contributed by atoms with E-state index in [1.165, 1.54) is 0 Å². The van der Waals surface area contributed by atoms with Gasteiger partial charge in [0, 0.05) is 0 Å². The van der Waals surface area contributed by atoms with Gasteiger partial charge in [0.25, 0.3) is 0 Å². The van der Waals surface area contributed by atoms with Crippen molar-refractivity contribution in [2.24, 2.45) is 0 Å². The van der Waals surface area contributed by atoms with E-state index in [1.807, 2.05) is 0 Å². The first-order valence-corrected chi connectivity index (χ1v) is 8.57. The predicted octanol–water partition coefficient (Wildman–Crippen LogP) is 1.34. The fourth-order valence-electron chi connectivity index (χ4n) is 0.606. The third-order valence-corrected chi connectivity index (χ3v) is 9.47. The molecule has 0 heterocycles. The molecule has 0 aliphatic carbocycles. The molecule has 0 aromatic rings. The minimum Gasteiger partial charge on any atom is -1.00 e. The summed E-state index contributed by atoms with van der Waals surface area (Å²) in [5.74, 6) is 0. The van der Waals surface area contributed by atoms with Crippen molar-refractivity contribution in [3.05, 3.63) is 0 Å². The van der Waals surface area contributed by atoms with Crippen LogP contribution in [0.5, 0.6) is 0 Å². The Kier molecular flexibility index (Phi) is 8.25. The minimum absolute atomic E-state index is 0. The maximum absolute atomic E-state index is 2.63. The van der Waals surface area contributed by atoms with E-state index in [1.54, 1.807) is 0 Å². The average molecular weight is 344 g/mol. The van der Waals surface area contributed by atoms with Crippen molar-refractivity contribution in [2.45, 2.75) is 51.9 Å². The van der Waals surface area contributed by atoms with Crippen LogP contribution in [-0.2, 0) is 0 Å². The van der Waals surface area contributed by atoms with Crippen LogP contribution in [0.3, 0.4) is 0 Å². The molecule has 0 aliphatic rings. The van der Waals surface area contributed by atoms with Gasteiger partial charge in [0.05, 0.1) is 0 Å². The van der Waals surface area contributed by atoms with Crippen LogP contribution < -0.4 is 24.0 Å². The molecule has 0 bridgehead atoms. The molecule has 0 aliphatic heterocycles. The fourth-order valence-corrected chi connectivity index (χ4v) is 5.46. The van der Waals surface area contributed by atoms with Crippen molar-refractivity contribution < 1.29 is 24.0 Å². The van der Waals surface area contributed by atoms with Crippen LogP contribution in [0.4, 0.5) is 0 Å². The third kappa shape index (κ3) is 7.02.